The van der Waals surface area contributed by atoms with Crippen molar-refractivity contribution >= 4 is 5.78 Å². The van der Waals surface area contributed by atoms with E-state index in [-0.39, 0.29) is 11.8 Å². The minimum Gasteiger partial charge on any atom is -0.348 e. The average Bonchev–Trinajstić information content (AvgIpc) is 3.24. The van der Waals surface area contributed by atoms with Crippen molar-refractivity contribution in [3.8, 4) is 0 Å². The Morgan fingerprint density at radius 2 is 2.08 bits per heavy atom. The third kappa shape index (κ3) is 2.89. The minimum absolute atomic E-state index is 0.0627. The molecule has 1 unspecified atom stereocenters. The van der Waals surface area contributed by atoms with E-state index in [1.54, 1.807) is 13.3 Å². The summed E-state index contributed by atoms with van der Waals surface area (Å²) in [5, 5.41) is 0. The number of ketones is 1. The van der Waals surface area contributed by atoms with Crippen LogP contribution < -0.4 is 0 Å². The summed E-state index contributed by atoms with van der Waals surface area (Å²) in [6.07, 6.45) is 6.51. The molecule has 6 heteroatoms. The van der Waals surface area contributed by atoms with E-state index in [1.165, 1.54) is 5.69 Å². The highest BCUT2D eigenvalue weighted by Crippen LogP contribution is 2.34. The van der Waals surface area contributed by atoms with Crippen LogP contribution in [0.25, 0.3) is 0 Å². The number of carbonyl (C=O) groups excluding carboxylic acids is 1. The van der Waals surface area contributed by atoms with Crippen LogP contribution in [0.2, 0.25) is 0 Å². The summed E-state index contributed by atoms with van der Waals surface area (Å²) in [6.45, 7) is 3.28. The number of H-pyrrole nitrogens is 1. The van der Waals surface area contributed by atoms with E-state index < -0.39 is 0 Å². The first-order valence-corrected chi connectivity index (χ1v) is 8.47. The second kappa shape index (κ2) is 6.29. The lowest BCUT2D eigenvalue weighted by molar-refractivity contribution is 0.101. The number of rotatable bonds is 4. The molecule has 128 valence electrons. The van der Waals surface area contributed by atoms with Crippen LogP contribution in [0.3, 0.4) is 0 Å². The lowest BCUT2D eigenvalue weighted by atomic mass is 9.94. The van der Waals surface area contributed by atoms with Crippen LogP contribution in [0.4, 0.5) is 0 Å². The Labute approximate surface area is 146 Å². The van der Waals surface area contributed by atoms with Crippen molar-refractivity contribution in [2.75, 3.05) is 6.54 Å². The summed E-state index contributed by atoms with van der Waals surface area (Å²) >= 11 is 0. The first kappa shape index (κ1) is 15.8. The van der Waals surface area contributed by atoms with Gasteiger partial charge in [-0.15, -0.1) is 0 Å². The molecular weight excluding hydrogens is 314 g/mol. The number of carbonyl (C=O) groups is 1. The predicted molar refractivity (Wildman–Crippen MR) is 94.2 cm³/mol. The molecule has 0 saturated carbocycles. The Hall–Kier alpha value is -2.73. The number of hydrogen-bond donors (Lipinski definition) is 1. The van der Waals surface area contributed by atoms with Gasteiger partial charge in [-0.3, -0.25) is 9.69 Å². The van der Waals surface area contributed by atoms with Crippen molar-refractivity contribution in [3.05, 3.63) is 71.3 Å². The molecule has 1 aromatic carbocycles. The lowest BCUT2D eigenvalue weighted by Gasteiger charge is -2.35. The van der Waals surface area contributed by atoms with Crippen molar-refractivity contribution in [2.45, 2.75) is 25.9 Å². The van der Waals surface area contributed by atoms with Gasteiger partial charge in [-0.1, -0.05) is 24.3 Å². The van der Waals surface area contributed by atoms with E-state index in [0.717, 1.165) is 42.2 Å². The van der Waals surface area contributed by atoms with E-state index in [9.17, 15) is 4.79 Å². The molecule has 1 N–H and O–H groups in total. The van der Waals surface area contributed by atoms with Gasteiger partial charge in [0.25, 0.3) is 0 Å². The molecule has 1 aliphatic heterocycles. The molecule has 2 aromatic heterocycles. The largest absolute Gasteiger partial charge is 0.348 e. The summed E-state index contributed by atoms with van der Waals surface area (Å²) in [7, 11) is 2.02. The van der Waals surface area contributed by atoms with E-state index in [1.807, 2.05) is 43.7 Å². The maximum absolute atomic E-state index is 11.6. The molecule has 6 nitrogen and oxygen atoms in total. The third-order valence-electron chi connectivity index (χ3n) is 4.92. The molecule has 1 atom stereocenters. The van der Waals surface area contributed by atoms with Crippen molar-refractivity contribution in [3.63, 3.8) is 0 Å². The zero-order chi connectivity index (χ0) is 17.4. The second-order valence-corrected chi connectivity index (χ2v) is 6.52. The molecule has 0 bridgehead atoms. The van der Waals surface area contributed by atoms with Crippen LogP contribution in [0.1, 0.15) is 46.1 Å². The fraction of sp³-hybridized carbons (Fsp3) is 0.316. The monoisotopic (exact) mass is 335 g/mol. The first-order valence-electron chi connectivity index (χ1n) is 8.47. The Morgan fingerprint density at radius 1 is 1.28 bits per heavy atom. The number of aryl methyl sites for hydroxylation is 1. The smallest absolute Gasteiger partial charge is 0.159 e. The number of hydrogen-bond acceptors (Lipinski definition) is 4. The number of fused-ring (bicyclic) bond motifs is 1. The van der Waals surface area contributed by atoms with Crippen molar-refractivity contribution < 1.29 is 4.79 Å². The van der Waals surface area contributed by atoms with Crippen molar-refractivity contribution in [1.29, 1.82) is 0 Å². The molecule has 25 heavy (non-hydrogen) atoms. The molecule has 4 rings (SSSR count). The van der Waals surface area contributed by atoms with E-state index >= 15 is 0 Å². The second-order valence-electron chi connectivity index (χ2n) is 6.52. The van der Waals surface area contributed by atoms with Gasteiger partial charge in [0.2, 0.25) is 0 Å². The molecule has 0 radical (unpaired) electrons. The highest BCUT2D eigenvalue weighted by molar-refractivity contribution is 5.94. The maximum atomic E-state index is 11.6. The Bertz CT molecular complexity index is 893. The molecule has 0 aliphatic carbocycles. The van der Waals surface area contributed by atoms with E-state index in [0.29, 0.717) is 0 Å². The molecule has 0 spiro atoms. The zero-order valence-electron chi connectivity index (χ0n) is 14.4. The summed E-state index contributed by atoms with van der Waals surface area (Å²) in [4.78, 5) is 26.3. The van der Waals surface area contributed by atoms with Crippen LogP contribution in [0.5, 0.6) is 0 Å². The van der Waals surface area contributed by atoms with Crippen LogP contribution in [-0.2, 0) is 20.0 Å². The maximum Gasteiger partial charge on any atom is 0.159 e. The first-order chi connectivity index (χ1) is 12.1. The van der Waals surface area contributed by atoms with E-state index in [2.05, 4.69) is 24.4 Å². The van der Waals surface area contributed by atoms with Gasteiger partial charge in [0.15, 0.2) is 5.78 Å². The van der Waals surface area contributed by atoms with Gasteiger partial charge in [-0.05, 0) is 12.5 Å². The highest BCUT2D eigenvalue weighted by atomic mass is 16.1. The molecule has 0 amide bonds. The third-order valence-corrected chi connectivity index (χ3v) is 4.92. The van der Waals surface area contributed by atoms with Gasteiger partial charge in [-0.25, -0.2) is 9.97 Å². The number of aromatic amines is 1. The van der Waals surface area contributed by atoms with Gasteiger partial charge >= 0.3 is 0 Å². The number of Topliss-reactive ketones (excluding diaryl/α,β-unsaturated/α-hetero) is 1. The molecule has 1 aliphatic rings. The zero-order valence-corrected chi connectivity index (χ0v) is 14.4. The van der Waals surface area contributed by atoms with Gasteiger partial charge in [0, 0.05) is 43.7 Å². The van der Waals surface area contributed by atoms with Crippen molar-refractivity contribution in [1.82, 2.24) is 24.4 Å². The van der Waals surface area contributed by atoms with Gasteiger partial charge < -0.3 is 9.55 Å². The van der Waals surface area contributed by atoms with Gasteiger partial charge in [0.1, 0.15) is 5.82 Å². The lowest BCUT2D eigenvalue weighted by Crippen LogP contribution is -2.36. The van der Waals surface area contributed by atoms with Crippen LogP contribution >= 0.6 is 0 Å². The standard InChI is InChI=1S/C19H21N5O/c1-13(25)14-3-5-15(6-4-14)19-18-16(21-12-22-18)7-9-24(19)11-17-20-8-10-23(17)2/h3-6,8,10,12,19H,7,9,11H2,1-2H3,(H,21,22). The van der Waals surface area contributed by atoms with E-state index in [4.69, 9.17) is 0 Å². The number of benzene rings is 1. The molecule has 0 fully saturated rings. The SMILES string of the molecule is CC(=O)c1ccc(C2c3nc[nH]c3CCN2Cc2nccn2C)cc1. The Morgan fingerprint density at radius 3 is 2.76 bits per heavy atom. The van der Waals surface area contributed by atoms with Crippen molar-refractivity contribution in [2.24, 2.45) is 7.05 Å². The summed E-state index contributed by atoms with van der Waals surface area (Å²) in [5.74, 6) is 1.12. The Kier molecular flexibility index (Phi) is 3.97. The van der Waals surface area contributed by atoms with Gasteiger partial charge in [0.05, 0.1) is 24.6 Å². The number of nitrogens with zero attached hydrogens (tertiary/aromatic N) is 4. The summed E-state index contributed by atoms with van der Waals surface area (Å²) in [6, 6.07) is 7.94. The van der Waals surface area contributed by atoms with Crippen LogP contribution in [0, 0.1) is 0 Å². The molecule has 0 saturated heterocycles. The summed E-state index contributed by atoms with van der Waals surface area (Å²) in [5.41, 5.74) is 4.14. The highest BCUT2D eigenvalue weighted by Gasteiger charge is 2.31. The summed E-state index contributed by atoms with van der Waals surface area (Å²) < 4.78 is 2.05. The average molecular weight is 335 g/mol. The number of aromatic nitrogens is 4. The Balaban J connectivity index is 1.71. The molecular formula is C19H21N5O. The van der Waals surface area contributed by atoms with Crippen LogP contribution in [-0.4, -0.2) is 36.7 Å². The van der Waals surface area contributed by atoms with Gasteiger partial charge in [-0.2, -0.15) is 0 Å². The fourth-order valence-electron chi connectivity index (χ4n) is 3.49. The normalized spacial score (nSPS) is 17.4. The number of imidazole rings is 2. The quantitative estimate of drug-likeness (QED) is 0.744. The topological polar surface area (TPSA) is 66.8 Å². The number of nitrogens with one attached hydrogen (secondary N) is 1. The molecule has 3 heterocycles. The minimum atomic E-state index is 0.0627. The molecule has 3 aromatic rings. The van der Waals surface area contributed by atoms with Crippen LogP contribution in [0.15, 0.2) is 43.0 Å². The predicted octanol–water partition coefficient (Wildman–Crippen LogP) is 2.49. The fourth-order valence-corrected chi connectivity index (χ4v) is 3.49.